The lowest BCUT2D eigenvalue weighted by molar-refractivity contribution is -0.131. The molecule has 0 spiro atoms. The van der Waals surface area contributed by atoms with Gasteiger partial charge in [0.2, 0.25) is 5.91 Å². The predicted molar refractivity (Wildman–Crippen MR) is 135 cm³/mol. The second-order valence-corrected chi connectivity index (χ2v) is 9.84. The Hall–Kier alpha value is -0.940. The van der Waals surface area contributed by atoms with Crippen LogP contribution in [-0.4, -0.2) is 83.9 Å². The van der Waals surface area contributed by atoms with Gasteiger partial charge in [-0.3, -0.25) is 9.69 Å². The summed E-state index contributed by atoms with van der Waals surface area (Å²) < 4.78 is 0. The summed E-state index contributed by atoms with van der Waals surface area (Å²) in [5, 5.41) is 6.62. The number of guanidine groups is 1. The molecule has 0 atom stereocenters. The van der Waals surface area contributed by atoms with E-state index in [1.807, 2.05) is 4.90 Å². The molecule has 2 saturated heterocycles. The van der Waals surface area contributed by atoms with Crippen molar-refractivity contribution in [1.29, 1.82) is 0 Å². The van der Waals surface area contributed by atoms with E-state index < -0.39 is 0 Å². The highest BCUT2D eigenvalue weighted by Crippen LogP contribution is 2.24. The van der Waals surface area contributed by atoms with E-state index >= 15 is 0 Å². The topological polar surface area (TPSA) is 64.1 Å². The second-order valence-electron chi connectivity index (χ2n) is 8.90. The van der Waals surface area contributed by atoms with E-state index in [1.165, 1.54) is 0 Å². The van der Waals surface area contributed by atoms with Crippen LogP contribution in [0.15, 0.2) is 10.4 Å². The zero-order valence-electron chi connectivity index (χ0n) is 18.8. The van der Waals surface area contributed by atoms with E-state index in [2.05, 4.69) is 48.2 Å². The molecule has 2 aliphatic rings. The van der Waals surface area contributed by atoms with Crippen LogP contribution in [0.4, 0.5) is 0 Å². The number of piperazine rings is 1. The van der Waals surface area contributed by atoms with Gasteiger partial charge in [-0.05, 0) is 19.8 Å². The van der Waals surface area contributed by atoms with Gasteiger partial charge in [-0.15, -0.1) is 35.3 Å². The molecule has 30 heavy (non-hydrogen) atoms. The monoisotopic (exact) mass is 548 g/mol. The van der Waals surface area contributed by atoms with Gasteiger partial charge in [-0.1, -0.05) is 20.8 Å². The normalized spacial score (nSPS) is 18.5. The molecule has 170 valence electrons. The number of halogens is 1. The molecule has 0 saturated carbocycles. The molecule has 1 amide bonds. The zero-order chi connectivity index (χ0) is 20.9. The predicted octanol–water partition coefficient (Wildman–Crippen LogP) is 2.76. The number of thiazole rings is 1. The maximum absolute atomic E-state index is 12.4. The van der Waals surface area contributed by atoms with Crippen molar-refractivity contribution in [3.05, 3.63) is 16.1 Å². The maximum atomic E-state index is 12.4. The van der Waals surface area contributed by atoms with Crippen LogP contribution >= 0.6 is 35.3 Å². The molecule has 3 rings (SSSR count). The molecule has 3 heterocycles. The Bertz CT molecular complexity index is 703. The highest BCUT2D eigenvalue weighted by molar-refractivity contribution is 14.0. The summed E-state index contributed by atoms with van der Waals surface area (Å²) in [7, 11) is 0. The Kier molecular flexibility index (Phi) is 9.80. The minimum atomic E-state index is 0. The second kappa shape index (κ2) is 11.6. The number of carbonyl (C=O) groups is 1. The number of amides is 1. The average Bonchev–Trinajstić information content (AvgIpc) is 3.37. The quantitative estimate of drug-likeness (QED) is 0.349. The van der Waals surface area contributed by atoms with Crippen molar-refractivity contribution in [2.24, 2.45) is 4.99 Å². The van der Waals surface area contributed by atoms with Crippen molar-refractivity contribution in [3.63, 3.8) is 0 Å². The maximum Gasteiger partial charge on any atom is 0.236 e. The number of aliphatic imine (C=N–C) groups is 1. The molecule has 0 unspecified atom stereocenters. The van der Waals surface area contributed by atoms with Gasteiger partial charge in [-0.2, -0.15) is 0 Å². The first-order chi connectivity index (χ1) is 13.9. The molecule has 1 aromatic heterocycles. The summed E-state index contributed by atoms with van der Waals surface area (Å²) in [5.41, 5.74) is 1.21. The van der Waals surface area contributed by atoms with E-state index in [0.717, 1.165) is 75.3 Å². The number of carbonyl (C=O) groups excluding carboxylic acids is 1. The molecule has 0 bridgehead atoms. The van der Waals surface area contributed by atoms with Crippen LogP contribution in [-0.2, 0) is 16.8 Å². The van der Waals surface area contributed by atoms with Crippen LogP contribution in [0.25, 0.3) is 0 Å². The Labute approximate surface area is 202 Å². The van der Waals surface area contributed by atoms with Gasteiger partial charge in [0.05, 0.1) is 18.8 Å². The number of likely N-dealkylation sites (tertiary alicyclic amines) is 1. The first-order valence-corrected chi connectivity index (χ1v) is 11.7. The average molecular weight is 549 g/mol. The smallest absolute Gasteiger partial charge is 0.236 e. The lowest BCUT2D eigenvalue weighted by Gasteiger charge is -2.36. The molecule has 2 aliphatic heterocycles. The van der Waals surface area contributed by atoms with Gasteiger partial charge < -0.3 is 15.1 Å². The summed E-state index contributed by atoms with van der Waals surface area (Å²) in [5.74, 6) is 1.24. The van der Waals surface area contributed by atoms with Crippen LogP contribution < -0.4 is 5.32 Å². The van der Waals surface area contributed by atoms with Gasteiger partial charge in [0, 0.05) is 56.6 Å². The third-order valence-corrected chi connectivity index (χ3v) is 6.34. The number of nitrogens with zero attached hydrogens (tertiary/aromatic N) is 5. The summed E-state index contributed by atoms with van der Waals surface area (Å²) in [4.78, 5) is 28.6. The number of nitrogens with one attached hydrogen (secondary N) is 1. The zero-order valence-corrected chi connectivity index (χ0v) is 22.0. The molecule has 1 N–H and O–H groups in total. The minimum Gasteiger partial charge on any atom is -0.357 e. The van der Waals surface area contributed by atoms with E-state index in [1.54, 1.807) is 11.3 Å². The first kappa shape index (κ1) is 25.3. The van der Waals surface area contributed by atoms with Crippen molar-refractivity contribution >= 4 is 47.2 Å². The van der Waals surface area contributed by atoms with Gasteiger partial charge in [-0.25, -0.2) is 9.98 Å². The third-order valence-electron chi connectivity index (χ3n) is 5.51. The number of hydrogen-bond donors (Lipinski definition) is 1. The molecule has 0 radical (unpaired) electrons. The summed E-state index contributed by atoms with van der Waals surface area (Å²) in [6.07, 6.45) is 2.30. The van der Waals surface area contributed by atoms with E-state index in [-0.39, 0.29) is 35.3 Å². The van der Waals surface area contributed by atoms with Crippen LogP contribution in [0, 0.1) is 0 Å². The third kappa shape index (κ3) is 7.05. The van der Waals surface area contributed by atoms with Gasteiger partial charge >= 0.3 is 0 Å². The molecular formula is C21H37IN6OS. The fourth-order valence-corrected chi connectivity index (χ4v) is 4.62. The molecule has 0 aliphatic carbocycles. The fraction of sp³-hybridized carbons (Fsp3) is 0.762. The molecule has 2 fully saturated rings. The largest absolute Gasteiger partial charge is 0.357 e. The van der Waals surface area contributed by atoms with Crippen molar-refractivity contribution in [3.8, 4) is 0 Å². The molecule has 7 nitrogen and oxygen atoms in total. The van der Waals surface area contributed by atoms with E-state index in [9.17, 15) is 4.79 Å². The fourth-order valence-electron chi connectivity index (χ4n) is 3.67. The molecular weight excluding hydrogens is 511 g/mol. The van der Waals surface area contributed by atoms with Gasteiger partial charge in [0.25, 0.3) is 0 Å². The number of rotatable bonds is 5. The lowest BCUT2D eigenvalue weighted by Crippen LogP contribution is -2.54. The standard InChI is InChI=1S/C21H36N6OS.HI/c1-5-22-20(23-14-18-24-17(16-29-18)21(2,3)4)27-12-10-25(11-13-27)15-19(28)26-8-6-7-9-26;/h16H,5-15H2,1-4H3,(H,22,23);1H. The number of aromatic nitrogens is 1. The first-order valence-electron chi connectivity index (χ1n) is 10.8. The Morgan fingerprint density at radius 1 is 1.13 bits per heavy atom. The van der Waals surface area contributed by atoms with E-state index in [4.69, 9.17) is 9.98 Å². The minimum absolute atomic E-state index is 0. The molecule has 9 heteroatoms. The highest BCUT2D eigenvalue weighted by Gasteiger charge is 2.24. The lowest BCUT2D eigenvalue weighted by atomic mass is 9.93. The van der Waals surface area contributed by atoms with Crippen molar-refractivity contribution < 1.29 is 4.79 Å². The Balaban J connectivity index is 0.00000320. The Morgan fingerprint density at radius 2 is 1.80 bits per heavy atom. The molecule has 0 aromatic carbocycles. The van der Waals surface area contributed by atoms with Crippen molar-refractivity contribution in [1.82, 2.24) is 25.0 Å². The Morgan fingerprint density at radius 3 is 2.37 bits per heavy atom. The van der Waals surface area contributed by atoms with Gasteiger partial charge in [0.1, 0.15) is 5.01 Å². The van der Waals surface area contributed by atoms with E-state index in [0.29, 0.717) is 13.1 Å². The van der Waals surface area contributed by atoms with Crippen LogP contribution in [0.5, 0.6) is 0 Å². The highest BCUT2D eigenvalue weighted by atomic mass is 127. The van der Waals surface area contributed by atoms with Crippen molar-refractivity contribution in [2.45, 2.75) is 52.5 Å². The van der Waals surface area contributed by atoms with Crippen LogP contribution in [0.2, 0.25) is 0 Å². The summed E-state index contributed by atoms with van der Waals surface area (Å²) >= 11 is 1.69. The molecule has 1 aromatic rings. The van der Waals surface area contributed by atoms with Crippen LogP contribution in [0.1, 0.15) is 51.2 Å². The van der Waals surface area contributed by atoms with Crippen molar-refractivity contribution in [2.75, 3.05) is 52.4 Å². The summed E-state index contributed by atoms with van der Waals surface area (Å²) in [6, 6.07) is 0. The van der Waals surface area contributed by atoms with Crippen LogP contribution in [0.3, 0.4) is 0 Å². The number of hydrogen-bond acceptors (Lipinski definition) is 5. The SMILES string of the molecule is CCNC(=NCc1nc(C(C)(C)C)cs1)N1CCN(CC(=O)N2CCCC2)CC1.I. The van der Waals surface area contributed by atoms with Gasteiger partial charge in [0.15, 0.2) is 5.96 Å². The summed E-state index contributed by atoms with van der Waals surface area (Å²) in [6.45, 7) is 16.1.